The highest BCUT2D eigenvalue weighted by molar-refractivity contribution is 7.89. The van der Waals surface area contributed by atoms with Gasteiger partial charge >= 0.3 is 0 Å². The van der Waals surface area contributed by atoms with Crippen LogP contribution in [0.1, 0.15) is 32.3 Å². The first-order valence-electron chi connectivity index (χ1n) is 10.6. The van der Waals surface area contributed by atoms with Crippen LogP contribution in [0.25, 0.3) is 0 Å². The molecule has 0 unspecified atom stereocenters. The number of nitrogens with zero attached hydrogens (tertiary/aromatic N) is 1. The molecule has 10 heteroatoms. The third kappa shape index (κ3) is 6.23. The Morgan fingerprint density at radius 1 is 1.09 bits per heavy atom. The molecule has 2 N–H and O–H groups in total. The minimum atomic E-state index is -3.94. The van der Waals surface area contributed by atoms with Crippen LogP contribution in [0.3, 0.4) is 0 Å². The number of carbonyl (C=O) groups is 2. The van der Waals surface area contributed by atoms with Crippen LogP contribution in [0.5, 0.6) is 11.5 Å². The number of hydrogen-bond acceptors (Lipinski definition) is 6. The summed E-state index contributed by atoms with van der Waals surface area (Å²) in [4.78, 5) is 26.1. The summed E-state index contributed by atoms with van der Waals surface area (Å²) in [5.74, 6) is 0.698. The lowest BCUT2D eigenvalue weighted by atomic mass is 10.1. The molecule has 0 aromatic heterocycles. The van der Waals surface area contributed by atoms with Crippen molar-refractivity contribution in [2.45, 2.75) is 50.2 Å². The lowest BCUT2D eigenvalue weighted by Crippen LogP contribution is -2.47. The molecule has 33 heavy (non-hydrogen) atoms. The molecule has 1 aliphatic carbocycles. The van der Waals surface area contributed by atoms with E-state index in [1.165, 1.54) is 38.1 Å². The topological polar surface area (TPSA) is 114 Å². The van der Waals surface area contributed by atoms with Crippen molar-refractivity contribution in [2.75, 3.05) is 19.5 Å². The third-order valence-corrected chi connectivity index (χ3v) is 6.84. The maximum atomic E-state index is 13.2. The number of carbonyl (C=O) groups excluding carboxylic acids is 2. The average Bonchev–Trinajstić information content (AvgIpc) is 3.61. The number of anilines is 1. The van der Waals surface area contributed by atoms with E-state index in [9.17, 15) is 18.0 Å². The number of nitrogens with one attached hydrogen (secondary N) is 2. The van der Waals surface area contributed by atoms with Crippen LogP contribution < -0.4 is 19.5 Å². The van der Waals surface area contributed by atoms with Crippen molar-refractivity contribution >= 4 is 27.5 Å². The molecule has 3 rings (SSSR count). The van der Waals surface area contributed by atoms with Crippen molar-refractivity contribution in [1.82, 2.24) is 9.62 Å². The zero-order valence-electron chi connectivity index (χ0n) is 19.1. The number of ether oxygens (including phenoxy) is 2. The van der Waals surface area contributed by atoms with Crippen LogP contribution in [0.4, 0.5) is 5.69 Å². The van der Waals surface area contributed by atoms with Gasteiger partial charge in [0.1, 0.15) is 11.5 Å². The molecule has 1 saturated carbocycles. The van der Waals surface area contributed by atoms with Gasteiger partial charge in [0.2, 0.25) is 21.8 Å². The first-order valence-corrected chi connectivity index (χ1v) is 12.0. The highest BCUT2D eigenvalue weighted by Gasteiger charge is 2.36. The third-order valence-electron chi connectivity index (χ3n) is 5.29. The van der Waals surface area contributed by atoms with Gasteiger partial charge in [-0.05, 0) is 62.2 Å². The van der Waals surface area contributed by atoms with Crippen LogP contribution in [0, 0.1) is 0 Å². The van der Waals surface area contributed by atoms with E-state index >= 15 is 0 Å². The lowest BCUT2D eigenvalue weighted by Gasteiger charge is -2.27. The van der Waals surface area contributed by atoms with Gasteiger partial charge in [-0.2, -0.15) is 4.72 Å². The van der Waals surface area contributed by atoms with Crippen molar-refractivity contribution in [3.8, 4) is 11.5 Å². The molecule has 2 aromatic carbocycles. The van der Waals surface area contributed by atoms with Gasteiger partial charge in [0, 0.05) is 30.8 Å². The van der Waals surface area contributed by atoms with E-state index in [0.717, 1.165) is 18.4 Å². The van der Waals surface area contributed by atoms with Gasteiger partial charge in [-0.3, -0.25) is 9.59 Å². The smallest absolute Gasteiger partial charge is 0.241 e. The Morgan fingerprint density at radius 2 is 1.76 bits per heavy atom. The number of benzene rings is 2. The minimum absolute atomic E-state index is 0.00342. The van der Waals surface area contributed by atoms with E-state index in [1.807, 2.05) is 6.07 Å². The Labute approximate surface area is 194 Å². The van der Waals surface area contributed by atoms with Crippen molar-refractivity contribution in [2.24, 2.45) is 0 Å². The summed E-state index contributed by atoms with van der Waals surface area (Å²) < 4.78 is 38.8. The summed E-state index contributed by atoms with van der Waals surface area (Å²) in [6.07, 6.45) is 1.73. The zero-order chi connectivity index (χ0) is 24.2. The molecule has 0 radical (unpaired) electrons. The summed E-state index contributed by atoms with van der Waals surface area (Å²) in [7, 11) is -0.817. The summed E-state index contributed by atoms with van der Waals surface area (Å²) in [6, 6.07) is 10.2. The Bertz CT molecular complexity index is 1110. The van der Waals surface area contributed by atoms with Gasteiger partial charge in [-0.25, -0.2) is 8.42 Å². The molecule has 0 spiro atoms. The first kappa shape index (κ1) is 24.5. The predicted octanol–water partition coefficient (Wildman–Crippen LogP) is 2.52. The Hall–Kier alpha value is -3.11. The van der Waals surface area contributed by atoms with Crippen molar-refractivity contribution < 1.29 is 27.5 Å². The molecule has 0 saturated heterocycles. The van der Waals surface area contributed by atoms with E-state index in [2.05, 4.69) is 10.0 Å². The van der Waals surface area contributed by atoms with Crippen LogP contribution in [-0.2, 0) is 26.2 Å². The molecular weight excluding hydrogens is 446 g/mol. The molecule has 1 aliphatic rings. The van der Waals surface area contributed by atoms with Crippen LogP contribution >= 0.6 is 0 Å². The quantitative estimate of drug-likeness (QED) is 0.546. The zero-order valence-corrected chi connectivity index (χ0v) is 19.9. The second-order valence-electron chi connectivity index (χ2n) is 7.92. The van der Waals surface area contributed by atoms with E-state index < -0.39 is 16.1 Å². The van der Waals surface area contributed by atoms with Gasteiger partial charge in [-0.1, -0.05) is 0 Å². The maximum absolute atomic E-state index is 13.2. The van der Waals surface area contributed by atoms with Crippen molar-refractivity contribution in [3.63, 3.8) is 0 Å². The molecule has 1 atom stereocenters. The normalized spacial score (nSPS) is 14.3. The van der Waals surface area contributed by atoms with Crippen molar-refractivity contribution in [3.05, 3.63) is 48.0 Å². The Morgan fingerprint density at radius 3 is 2.30 bits per heavy atom. The molecular formula is C23H29N3O6S. The summed E-state index contributed by atoms with van der Waals surface area (Å²) in [5.41, 5.74) is 1.26. The fraction of sp³-hybridized carbons (Fsp3) is 0.391. The second kappa shape index (κ2) is 10.2. The maximum Gasteiger partial charge on any atom is 0.241 e. The van der Waals surface area contributed by atoms with E-state index in [1.54, 1.807) is 31.3 Å². The highest BCUT2D eigenvalue weighted by atomic mass is 32.2. The Kier molecular flexibility index (Phi) is 7.60. The largest absolute Gasteiger partial charge is 0.497 e. The van der Waals surface area contributed by atoms with Gasteiger partial charge in [0.05, 0.1) is 25.2 Å². The molecule has 0 heterocycles. The molecule has 0 aliphatic heterocycles. The van der Waals surface area contributed by atoms with E-state index in [0.29, 0.717) is 17.2 Å². The number of rotatable bonds is 10. The number of hydrogen-bond donors (Lipinski definition) is 2. The van der Waals surface area contributed by atoms with Crippen LogP contribution in [0.15, 0.2) is 47.4 Å². The summed E-state index contributed by atoms with van der Waals surface area (Å²) >= 11 is 0. The molecule has 1 fully saturated rings. The molecule has 2 amide bonds. The van der Waals surface area contributed by atoms with E-state index in [4.69, 9.17) is 9.47 Å². The van der Waals surface area contributed by atoms with Crippen LogP contribution in [-0.4, -0.2) is 51.4 Å². The van der Waals surface area contributed by atoms with Gasteiger partial charge in [0.25, 0.3) is 0 Å². The number of methoxy groups -OCH3 is 2. The molecule has 2 aromatic rings. The standard InChI is InChI=1S/C23H29N3O6S/c1-15(25-33(29,30)21-10-5-18(6-11-21)24-16(2)27)23(28)26(19-7-8-19)14-17-13-20(31-3)9-12-22(17)32-4/h5-6,9-13,15,19,25H,7-8,14H2,1-4H3,(H,24,27)/t15-/m0/s1. The average molecular weight is 476 g/mol. The fourth-order valence-corrected chi connectivity index (χ4v) is 4.68. The van der Waals surface area contributed by atoms with Gasteiger partial charge in [0.15, 0.2) is 0 Å². The summed E-state index contributed by atoms with van der Waals surface area (Å²) in [5, 5.41) is 2.58. The summed E-state index contributed by atoms with van der Waals surface area (Å²) in [6.45, 7) is 3.18. The fourth-order valence-electron chi connectivity index (χ4n) is 3.48. The van der Waals surface area contributed by atoms with Gasteiger partial charge in [-0.15, -0.1) is 0 Å². The minimum Gasteiger partial charge on any atom is -0.497 e. The Balaban J connectivity index is 1.75. The van der Waals surface area contributed by atoms with E-state index in [-0.39, 0.29) is 29.3 Å². The first-order chi connectivity index (χ1) is 15.6. The molecule has 178 valence electrons. The van der Waals surface area contributed by atoms with Gasteiger partial charge < -0.3 is 19.7 Å². The van der Waals surface area contributed by atoms with Crippen LogP contribution in [0.2, 0.25) is 0 Å². The van der Waals surface area contributed by atoms with Crippen molar-refractivity contribution in [1.29, 1.82) is 0 Å². The highest BCUT2D eigenvalue weighted by Crippen LogP contribution is 2.32. The molecule has 9 nitrogen and oxygen atoms in total. The lowest BCUT2D eigenvalue weighted by molar-refractivity contribution is -0.133. The SMILES string of the molecule is COc1ccc(OC)c(CN(C(=O)[C@H](C)NS(=O)(=O)c2ccc(NC(C)=O)cc2)C2CC2)c1. The predicted molar refractivity (Wildman–Crippen MR) is 124 cm³/mol. The molecule has 0 bridgehead atoms. The second-order valence-corrected chi connectivity index (χ2v) is 9.64. The monoisotopic (exact) mass is 475 g/mol. The number of amides is 2. The number of sulfonamides is 1.